The summed E-state index contributed by atoms with van der Waals surface area (Å²) in [5.41, 5.74) is 4.53. The van der Waals surface area contributed by atoms with Gasteiger partial charge in [0.2, 0.25) is 0 Å². The Hall–Kier alpha value is -2.57. The highest BCUT2D eigenvalue weighted by molar-refractivity contribution is 5.70. The zero-order valence-electron chi connectivity index (χ0n) is 14.5. The Morgan fingerprint density at radius 2 is 2.00 bits per heavy atom. The van der Waals surface area contributed by atoms with Gasteiger partial charge in [0.1, 0.15) is 11.8 Å². The smallest absolute Gasteiger partial charge is 0.136 e. The van der Waals surface area contributed by atoms with Gasteiger partial charge in [0.15, 0.2) is 0 Å². The van der Waals surface area contributed by atoms with Crippen molar-refractivity contribution in [2.24, 2.45) is 0 Å². The lowest BCUT2D eigenvalue weighted by Gasteiger charge is -2.34. The molecule has 1 fully saturated rings. The normalized spacial score (nSPS) is 22.3. The predicted octanol–water partition coefficient (Wildman–Crippen LogP) is 4.39. The fourth-order valence-electron chi connectivity index (χ4n) is 4.17. The number of nitriles is 1. The average molecular weight is 330 g/mol. The average Bonchev–Trinajstić information content (AvgIpc) is 2.89. The van der Waals surface area contributed by atoms with Crippen LogP contribution in [0.15, 0.2) is 54.6 Å². The number of hydrogen-bond acceptors (Lipinski definition) is 3. The molecule has 2 aliphatic rings. The fraction of sp³-hybridized carbons (Fsp3) is 0.318. The number of fused-ring (bicyclic) bond motifs is 2. The van der Waals surface area contributed by atoms with E-state index in [0.29, 0.717) is 23.4 Å². The second-order valence-electron chi connectivity index (χ2n) is 6.88. The molecule has 4 rings (SSSR count). The van der Waals surface area contributed by atoms with E-state index in [9.17, 15) is 5.26 Å². The molecule has 2 aliphatic heterocycles. The molecule has 2 aromatic carbocycles. The third-order valence-electron chi connectivity index (χ3n) is 5.44. The summed E-state index contributed by atoms with van der Waals surface area (Å²) in [6.07, 6.45) is 5.94. The van der Waals surface area contributed by atoms with E-state index in [4.69, 9.17) is 4.74 Å². The monoisotopic (exact) mass is 330 g/mol. The van der Waals surface area contributed by atoms with Crippen molar-refractivity contribution in [3.63, 3.8) is 0 Å². The number of nitrogens with zero attached hydrogens (tertiary/aromatic N) is 2. The lowest BCUT2D eigenvalue weighted by atomic mass is 9.93. The van der Waals surface area contributed by atoms with Crippen LogP contribution < -0.4 is 4.74 Å². The van der Waals surface area contributed by atoms with Crippen LogP contribution in [0.25, 0.3) is 5.57 Å². The Labute approximate surface area is 149 Å². The molecule has 0 amide bonds. The summed E-state index contributed by atoms with van der Waals surface area (Å²) in [5, 5.41) is 9.34. The van der Waals surface area contributed by atoms with Crippen molar-refractivity contribution in [2.75, 3.05) is 7.11 Å². The van der Waals surface area contributed by atoms with Gasteiger partial charge in [-0.2, -0.15) is 5.26 Å². The fourth-order valence-corrected chi connectivity index (χ4v) is 4.17. The first kappa shape index (κ1) is 15.9. The zero-order chi connectivity index (χ0) is 17.2. The van der Waals surface area contributed by atoms with Gasteiger partial charge in [0.25, 0.3) is 0 Å². The van der Waals surface area contributed by atoms with Gasteiger partial charge in [-0.15, -0.1) is 0 Å². The van der Waals surface area contributed by atoms with Gasteiger partial charge in [0.05, 0.1) is 12.7 Å². The highest BCUT2D eigenvalue weighted by atomic mass is 16.5. The highest BCUT2D eigenvalue weighted by Gasteiger charge is 2.36. The van der Waals surface area contributed by atoms with Crippen molar-refractivity contribution < 1.29 is 4.74 Å². The molecule has 2 aromatic rings. The maximum Gasteiger partial charge on any atom is 0.136 e. The number of ether oxygens (including phenoxy) is 1. The van der Waals surface area contributed by atoms with Crippen LogP contribution >= 0.6 is 0 Å². The number of hydrogen-bond donors (Lipinski definition) is 0. The summed E-state index contributed by atoms with van der Waals surface area (Å²) in [6.45, 7) is 1.02. The summed E-state index contributed by atoms with van der Waals surface area (Å²) < 4.78 is 5.27. The van der Waals surface area contributed by atoms with Crippen molar-refractivity contribution in [3.05, 3.63) is 71.3 Å². The lowest BCUT2D eigenvalue weighted by Crippen LogP contribution is -2.37. The summed E-state index contributed by atoms with van der Waals surface area (Å²) in [5.74, 6) is 0.649. The van der Waals surface area contributed by atoms with Crippen molar-refractivity contribution >= 4 is 5.57 Å². The molecule has 0 N–H and O–H groups in total. The zero-order valence-corrected chi connectivity index (χ0v) is 14.5. The van der Waals surface area contributed by atoms with E-state index >= 15 is 0 Å². The number of benzene rings is 2. The molecule has 0 radical (unpaired) electrons. The second-order valence-corrected chi connectivity index (χ2v) is 6.88. The van der Waals surface area contributed by atoms with Gasteiger partial charge >= 0.3 is 0 Å². The molecule has 126 valence electrons. The van der Waals surface area contributed by atoms with Crippen LogP contribution in [0.3, 0.4) is 0 Å². The van der Waals surface area contributed by atoms with Gasteiger partial charge in [-0.25, -0.2) is 0 Å². The van der Waals surface area contributed by atoms with Gasteiger partial charge in [-0.3, -0.25) is 4.90 Å². The van der Waals surface area contributed by atoms with E-state index in [1.807, 2.05) is 12.1 Å². The van der Waals surface area contributed by atoms with Crippen LogP contribution in [-0.4, -0.2) is 24.1 Å². The first-order valence-electron chi connectivity index (χ1n) is 8.87. The van der Waals surface area contributed by atoms with E-state index in [1.165, 1.54) is 24.0 Å². The maximum atomic E-state index is 9.34. The molecule has 0 aromatic heterocycles. The molecule has 0 spiro atoms. The Bertz CT molecular complexity index is 835. The Morgan fingerprint density at radius 3 is 2.72 bits per heavy atom. The highest BCUT2D eigenvalue weighted by Crippen LogP contribution is 2.40. The Morgan fingerprint density at radius 1 is 1.16 bits per heavy atom. The summed E-state index contributed by atoms with van der Waals surface area (Å²) >= 11 is 0. The molecule has 2 atom stereocenters. The van der Waals surface area contributed by atoms with Crippen LogP contribution in [0.4, 0.5) is 0 Å². The van der Waals surface area contributed by atoms with E-state index in [0.717, 1.165) is 18.5 Å². The van der Waals surface area contributed by atoms with Crippen molar-refractivity contribution in [1.82, 2.24) is 4.90 Å². The summed E-state index contributed by atoms with van der Waals surface area (Å²) in [6, 6.07) is 20.0. The van der Waals surface area contributed by atoms with Crippen molar-refractivity contribution in [3.8, 4) is 11.8 Å². The largest absolute Gasteiger partial charge is 0.495 e. The third-order valence-corrected chi connectivity index (χ3v) is 5.44. The first-order valence-corrected chi connectivity index (χ1v) is 8.87. The quantitative estimate of drug-likeness (QED) is 0.834. The molecule has 1 saturated heterocycles. The molecule has 0 aliphatic carbocycles. The van der Waals surface area contributed by atoms with Gasteiger partial charge < -0.3 is 4.74 Å². The SMILES string of the molecule is COc1ccc(C2=CC3CCC(C2)N3Cc2ccccc2)cc1C#N. The minimum absolute atomic E-state index is 0.501. The maximum absolute atomic E-state index is 9.34. The predicted molar refractivity (Wildman–Crippen MR) is 99.1 cm³/mol. The lowest BCUT2D eigenvalue weighted by molar-refractivity contribution is 0.203. The third kappa shape index (κ3) is 3.06. The molecule has 2 heterocycles. The van der Waals surface area contributed by atoms with E-state index in [1.54, 1.807) is 7.11 Å². The molecular weight excluding hydrogens is 308 g/mol. The molecule has 2 unspecified atom stereocenters. The Balaban J connectivity index is 1.58. The molecule has 3 heteroatoms. The summed E-state index contributed by atoms with van der Waals surface area (Å²) in [7, 11) is 1.61. The second kappa shape index (κ2) is 6.74. The minimum Gasteiger partial charge on any atom is -0.495 e. The van der Waals surface area contributed by atoms with E-state index in [2.05, 4.69) is 53.4 Å². The van der Waals surface area contributed by atoms with Gasteiger partial charge in [0, 0.05) is 18.6 Å². The molecule has 0 saturated carbocycles. The van der Waals surface area contributed by atoms with Gasteiger partial charge in [-0.1, -0.05) is 42.5 Å². The van der Waals surface area contributed by atoms with E-state index < -0.39 is 0 Å². The Kier molecular flexibility index (Phi) is 4.29. The van der Waals surface area contributed by atoms with Crippen molar-refractivity contribution in [2.45, 2.75) is 37.9 Å². The van der Waals surface area contributed by atoms with Crippen LogP contribution in [-0.2, 0) is 6.54 Å². The van der Waals surface area contributed by atoms with Gasteiger partial charge in [-0.05, 0) is 48.1 Å². The number of rotatable bonds is 4. The molecular formula is C22H22N2O. The topological polar surface area (TPSA) is 36.3 Å². The molecule has 3 nitrogen and oxygen atoms in total. The molecule has 2 bridgehead atoms. The van der Waals surface area contributed by atoms with E-state index in [-0.39, 0.29) is 0 Å². The number of methoxy groups -OCH3 is 1. The van der Waals surface area contributed by atoms with Crippen LogP contribution in [0.2, 0.25) is 0 Å². The minimum atomic E-state index is 0.501. The standard InChI is InChI=1S/C22H22N2O/c1-25-22-10-7-17(11-19(22)14-23)18-12-20-8-9-21(13-18)24(20)15-16-5-3-2-4-6-16/h2-7,10-12,20-21H,8-9,13,15H2,1H3. The van der Waals surface area contributed by atoms with Crippen LogP contribution in [0.1, 0.15) is 36.0 Å². The van der Waals surface area contributed by atoms with Crippen molar-refractivity contribution in [1.29, 1.82) is 5.26 Å². The van der Waals surface area contributed by atoms with Crippen LogP contribution in [0, 0.1) is 11.3 Å². The first-order chi connectivity index (χ1) is 12.3. The molecule has 25 heavy (non-hydrogen) atoms. The summed E-state index contributed by atoms with van der Waals surface area (Å²) in [4.78, 5) is 2.63. The van der Waals surface area contributed by atoms with Crippen LogP contribution in [0.5, 0.6) is 5.75 Å².